The van der Waals surface area contributed by atoms with Crippen LogP contribution in [0, 0.1) is 6.92 Å². The van der Waals surface area contributed by atoms with Crippen LogP contribution in [0.5, 0.6) is 5.75 Å². The Labute approximate surface area is 159 Å². The Morgan fingerprint density at radius 3 is 2.88 bits per heavy atom. The van der Waals surface area contributed by atoms with Gasteiger partial charge in [-0.15, -0.1) is 11.3 Å². The van der Waals surface area contributed by atoms with Crippen LogP contribution in [-0.2, 0) is 6.42 Å². The monoisotopic (exact) mass is 369 g/mol. The van der Waals surface area contributed by atoms with Crippen molar-refractivity contribution in [1.29, 1.82) is 0 Å². The first-order chi connectivity index (χ1) is 12.7. The van der Waals surface area contributed by atoms with Crippen LogP contribution in [0.1, 0.15) is 44.2 Å². The summed E-state index contributed by atoms with van der Waals surface area (Å²) in [6.07, 6.45) is 6.57. The summed E-state index contributed by atoms with van der Waals surface area (Å²) in [5.41, 5.74) is 2.60. The summed E-state index contributed by atoms with van der Waals surface area (Å²) >= 11 is 1.63. The van der Waals surface area contributed by atoms with Gasteiger partial charge in [0.25, 0.3) is 0 Å². The third-order valence-corrected chi connectivity index (χ3v) is 5.26. The van der Waals surface area contributed by atoms with Crippen LogP contribution in [0.15, 0.2) is 36.0 Å². The molecular formula is C21H27N3OS. The number of hydrogen-bond donors (Lipinski definition) is 1. The normalized spacial score (nSPS) is 12.3. The SMILES string of the molecule is CCCCCc1ccc(OCC(C)Nc2ncnc3sccc23)c(C)c1. The molecule has 0 fully saturated rings. The highest BCUT2D eigenvalue weighted by Crippen LogP contribution is 2.25. The Morgan fingerprint density at radius 2 is 2.08 bits per heavy atom. The fourth-order valence-corrected chi connectivity index (χ4v) is 3.74. The van der Waals surface area contributed by atoms with Gasteiger partial charge in [0.15, 0.2) is 0 Å². The van der Waals surface area contributed by atoms with Gasteiger partial charge in [-0.1, -0.05) is 31.9 Å². The number of unbranched alkanes of at least 4 members (excludes halogenated alkanes) is 2. The lowest BCUT2D eigenvalue weighted by Crippen LogP contribution is -2.24. The van der Waals surface area contributed by atoms with Gasteiger partial charge in [-0.25, -0.2) is 9.97 Å². The van der Waals surface area contributed by atoms with Gasteiger partial charge in [0.1, 0.15) is 29.3 Å². The molecule has 1 aromatic carbocycles. The Hall–Kier alpha value is -2.14. The van der Waals surface area contributed by atoms with Crippen molar-refractivity contribution in [2.45, 2.75) is 52.5 Å². The molecule has 1 atom stereocenters. The van der Waals surface area contributed by atoms with Gasteiger partial charge in [0, 0.05) is 0 Å². The number of aryl methyl sites for hydroxylation is 2. The number of aromatic nitrogens is 2. The zero-order chi connectivity index (χ0) is 18.4. The van der Waals surface area contributed by atoms with Gasteiger partial charge < -0.3 is 10.1 Å². The summed E-state index contributed by atoms with van der Waals surface area (Å²) in [5, 5.41) is 6.54. The van der Waals surface area contributed by atoms with E-state index in [1.165, 1.54) is 30.4 Å². The summed E-state index contributed by atoms with van der Waals surface area (Å²) in [4.78, 5) is 9.66. The summed E-state index contributed by atoms with van der Waals surface area (Å²) < 4.78 is 6.04. The average Bonchev–Trinajstić information content (AvgIpc) is 3.11. The number of nitrogens with one attached hydrogen (secondary N) is 1. The van der Waals surface area contributed by atoms with Crippen LogP contribution in [-0.4, -0.2) is 22.6 Å². The minimum atomic E-state index is 0.150. The number of rotatable bonds is 9. The van der Waals surface area contributed by atoms with Gasteiger partial charge in [-0.2, -0.15) is 0 Å². The van der Waals surface area contributed by atoms with E-state index in [1.54, 1.807) is 17.7 Å². The van der Waals surface area contributed by atoms with Crippen molar-refractivity contribution in [1.82, 2.24) is 9.97 Å². The largest absolute Gasteiger partial charge is 0.491 e. The maximum atomic E-state index is 6.04. The molecule has 0 saturated carbocycles. The van der Waals surface area contributed by atoms with E-state index < -0.39 is 0 Å². The molecular weight excluding hydrogens is 342 g/mol. The fraction of sp³-hybridized carbons (Fsp3) is 0.429. The van der Waals surface area contributed by atoms with Gasteiger partial charge in [-0.3, -0.25) is 0 Å². The maximum Gasteiger partial charge on any atom is 0.138 e. The quantitative estimate of drug-likeness (QED) is 0.498. The molecule has 0 radical (unpaired) electrons. The molecule has 0 saturated heterocycles. The first-order valence-corrected chi connectivity index (χ1v) is 10.2. The zero-order valence-corrected chi connectivity index (χ0v) is 16.6. The molecule has 0 aliphatic carbocycles. The van der Waals surface area contributed by atoms with Crippen molar-refractivity contribution in [3.63, 3.8) is 0 Å². The van der Waals surface area contributed by atoms with E-state index in [-0.39, 0.29) is 6.04 Å². The third-order valence-electron chi connectivity index (χ3n) is 4.44. The van der Waals surface area contributed by atoms with Crippen molar-refractivity contribution in [2.24, 2.45) is 0 Å². The number of ether oxygens (including phenoxy) is 1. The van der Waals surface area contributed by atoms with Gasteiger partial charge in [0.2, 0.25) is 0 Å². The molecule has 138 valence electrons. The Balaban J connectivity index is 1.55. The van der Waals surface area contributed by atoms with Crippen molar-refractivity contribution in [2.75, 3.05) is 11.9 Å². The first kappa shape index (κ1) is 18.6. The van der Waals surface area contributed by atoms with Crippen LogP contribution < -0.4 is 10.1 Å². The fourth-order valence-electron chi connectivity index (χ4n) is 3.00. The van der Waals surface area contributed by atoms with Crippen LogP contribution in [0.2, 0.25) is 0 Å². The molecule has 0 aliphatic heterocycles. The summed E-state index contributed by atoms with van der Waals surface area (Å²) in [5.74, 6) is 1.83. The van der Waals surface area contributed by atoms with Crippen LogP contribution in [0.4, 0.5) is 5.82 Å². The van der Waals surface area contributed by atoms with E-state index in [2.05, 4.69) is 60.3 Å². The summed E-state index contributed by atoms with van der Waals surface area (Å²) in [6, 6.07) is 8.75. The highest BCUT2D eigenvalue weighted by molar-refractivity contribution is 7.16. The molecule has 1 N–H and O–H groups in total. The summed E-state index contributed by atoms with van der Waals surface area (Å²) in [7, 11) is 0. The van der Waals surface area contributed by atoms with Crippen molar-refractivity contribution >= 4 is 27.4 Å². The number of nitrogens with zero attached hydrogens (tertiary/aromatic N) is 2. The molecule has 4 nitrogen and oxygen atoms in total. The van der Waals surface area contributed by atoms with E-state index in [9.17, 15) is 0 Å². The molecule has 0 bridgehead atoms. The predicted octanol–water partition coefficient (Wildman–Crippen LogP) is 5.61. The number of thiophene rings is 1. The number of benzene rings is 1. The molecule has 2 aromatic heterocycles. The lowest BCUT2D eigenvalue weighted by molar-refractivity contribution is 0.302. The average molecular weight is 370 g/mol. The van der Waals surface area contributed by atoms with Crippen molar-refractivity contribution in [3.8, 4) is 5.75 Å². The van der Waals surface area contributed by atoms with Crippen molar-refractivity contribution in [3.05, 3.63) is 47.1 Å². The molecule has 3 aromatic rings. The Bertz CT molecular complexity index is 846. The van der Waals surface area contributed by atoms with E-state index in [4.69, 9.17) is 4.74 Å². The number of anilines is 1. The first-order valence-electron chi connectivity index (χ1n) is 9.34. The smallest absolute Gasteiger partial charge is 0.138 e. The molecule has 3 rings (SSSR count). The minimum absolute atomic E-state index is 0.150. The number of fused-ring (bicyclic) bond motifs is 1. The van der Waals surface area contributed by atoms with E-state index in [0.717, 1.165) is 28.2 Å². The minimum Gasteiger partial charge on any atom is -0.491 e. The van der Waals surface area contributed by atoms with E-state index in [1.807, 2.05) is 5.38 Å². The standard InChI is InChI=1S/C21H27N3OS/c1-4-5-6-7-17-8-9-19(15(2)12-17)25-13-16(3)24-20-18-10-11-26-21(18)23-14-22-20/h8-12,14,16H,4-7,13H2,1-3H3,(H,22,23,24). The molecule has 0 aliphatic rings. The second-order valence-electron chi connectivity index (χ2n) is 6.78. The second kappa shape index (κ2) is 8.99. The molecule has 0 spiro atoms. The van der Waals surface area contributed by atoms with Crippen LogP contribution >= 0.6 is 11.3 Å². The van der Waals surface area contributed by atoms with Crippen LogP contribution in [0.3, 0.4) is 0 Å². The topological polar surface area (TPSA) is 47.0 Å². The summed E-state index contributed by atoms with van der Waals surface area (Å²) in [6.45, 7) is 7.05. The van der Waals surface area contributed by atoms with Gasteiger partial charge in [0.05, 0.1) is 11.4 Å². The molecule has 1 unspecified atom stereocenters. The van der Waals surface area contributed by atoms with E-state index in [0.29, 0.717) is 6.61 Å². The highest BCUT2D eigenvalue weighted by atomic mass is 32.1. The lowest BCUT2D eigenvalue weighted by Gasteiger charge is -2.17. The maximum absolute atomic E-state index is 6.04. The van der Waals surface area contributed by atoms with Crippen LogP contribution in [0.25, 0.3) is 10.2 Å². The van der Waals surface area contributed by atoms with E-state index >= 15 is 0 Å². The van der Waals surface area contributed by atoms with Gasteiger partial charge in [-0.05, 0) is 55.3 Å². The van der Waals surface area contributed by atoms with Gasteiger partial charge >= 0.3 is 0 Å². The molecule has 5 heteroatoms. The van der Waals surface area contributed by atoms with Crippen molar-refractivity contribution < 1.29 is 4.74 Å². The molecule has 0 amide bonds. The Morgan fingerprint density at radius 1 is 1.19 bits per heavy atom. The predicted molar refractivity (Wildman–Crippen MR) is 110 cm³/mol. The molecule has 2 heterocycles. The lowest BCUT2D eigenvalue weighted by atomic mass is 10.0. The molecule has 26 heavy (non-hydrogen) atoms. The number of hydrogen-bond acceptors (Lipinski definition) is 5. The highest BCUT2D eigenvalue weighted by Gasteiger charge is 2.10. The second-order valence-corrected chi connectivity index (χ2v) is 7.67. The third kappa shape index (κ3) is 4.73. The zero-order valence-electron chi connectivity index (χ0n) is 15.8. The Kier molecular flexibility index (Phi) is 6.45.